The highest BCUT2D eigenvalue weighted by Gasteiger charge is 2.63. The molecule has 5 N–H and O–H groups in total. The summed E-state index contributed by atoms with van der Waals surface area (Å²) in [6, 6.07) is 4.35. The van der Waals surface area contributed by atoms with E-state index in [0.717, 1.165) is 11.3 Å². The molecule has 32 heavy (non-hydrogen) atoms. The first-order valence-electron chi connectivity index (χ1n) is 10.4. The van der Waals surface area contributed by atoms with Gasteiger partial charge in [0.15, 0.2) is 11.4 Å². The van der Waals surface area contributed by atoms with Gasteiger partial charge in [-0.3, -0.25) is 19.3 Å². The minimum Gasteiger partial charge on any atom is -0.510 e. The van der Waals surface area contributed by atoms with Crippen LogP contribution in [0.15, 0.2) is 40.9 Å². The fourth-order valence-corrected chi connectivity index (χ4v) is 5.58. The van der Waals surface area contributed by atoms with Crippen molar-refractivity contribution in [1.29, 1.82) is 0 Å². The highest BCUT2D eigenvalue weighted by molar-refractivity contribution is 6.24. The summed E-state index contributed by atoms with van der Waals surface area (Å²) < 4.78 is 0. The molecule has 9 nitrogen and oxygen atoms in total. The van der Waals surface area contributed by atoms with Gasteiger partial charge >= 0.3 is 0 Å². The molecule has 0 spiro atoms. The van der Waals surface area contributed by atoms with E-state index in [1.807, 2.05) is 25.1 Å². The number of likely N-dealkylation sites (N-methyl/N-ethyl adjacent to an activating group) is 1. The summed E-state index contributed by atoms with van der Waals surface area (Å²) in [4.78, 5) is 42.0. The molecule has 1 aromatic rings. The third kappa shape index (κ3) is 2.74. The molecule has 4 rings (SSSR count). The Hall–Kier alpha value is -3.17. The van der Waals surface area contributed by atoms with Gasteiger partial charge in [-0.2, -0.15) is 0 Å². The average molecular weight is 441 g/mol. The second-order valence-corrected chi connectivity index (χ2v) is 9.16. The van der Waals surface area contributed by atoms with Crippen molar-refractivity contribution in [3.8, 4) is 0 Å². The maximum atomic E-state index is 13.4. The number of hydrogen-bond donors (Lipinski definition) is 4. The van der Waals surface area contributed by atoms with Crippen LogP contribution in [0.5, 0.6) is 0 Å². The van der Waals surface area contributed by atoms with E-state index < -0.39 is 58.0 Å². The normalized spacial score (nSPS) is 29.6. The van der Waals surface area contributed by atoms with Crippen molar-refractivity contribution in [1.82, 2.24) is 4.90 Å². The van der Waals surface area contributed by atoms with Gasteiger partial charge in [-0.05, 0) is 44.5 Å². The van der Waals surface area contributed by atoms with E-state index in [1.165, 1.54) is 0 Å². The number of benzene rings is 1. The summed E-state index contributed by atoms with van der Waals surface area (Å²) in [5.41, 5.74) is 4.11. The molecule has 0 bridgehead atoms. The van der Waals surface area contributed by atoms with Gasteiger partial charge in [0.2, 0.25) is 5.78 Å². The molecule has 0 radical (unpaired) electrons. The Balaban J connectivity index is 1.95. The van der Waals surface area contributed by atoms with Crippen LogP contribution in [0.3, 0.4) is 0 Å². The maximum Gasteiger partial charge on any atom is 0.255 e. The molecule has 3 aliphatic carbocycles. The zero-order chi connectivity index (χ0) is 23.7. The van der Waals surface area contributed by atoms with Gasteiger partial charge < -0.3 is 26.0 Å². The fourth-order valence-electron chi connectivity index (χ4n) is 5.58. The van der Waals surface area contributed by atoms with Crippen molar-refractivity contribution >= 4 is 23.2 Å². The summed E-state index contributed by atoms with van der Waals surface area (Å²) >= 11 is 0. The molecular weight excluding hydrogens is 414 g/mol. The molecule has 0 saturated heterocycles. The Morgan fingerprint density at radius 2 is 1.81 bits per heavy atom. The summed E-state index contributed by atoms with van der Waals surface area (Å²) in [5.74, 6) is -5.60. The van der Waals surface area contributed by atoms with E-state index in [0.29, 0.717) is 12.0 Å². The Kier molecular flexibility index (Phi) is 4.94. The number of nitrogens with zero attached hydrogens (tertiary/aromatic N) is 2. The minimum atomic E-state index is -2.54. The maximum absolute atomic E-state index is 13.4. The zero-order valence-corrected chi connectivity index (χ0v) is 18.4. The number of Topliss-reactive ketones (excluding diaryl/α,β-unsaturated/α-hetero) is 2. The smallest absolute Gasteiger partial charge is 0.255 e. The first-order chi connectivity index (χ1) is 14.9. The van der Waals surface area contributed by atoms with Crippen LogP contribution >= 0.6 is 0 Å². The van der Waals surface area contributed by atoms with Gasteiger partial charge in [0.25, 0.3) is 5.91 Å². The standard InChI is InChI=1S/C23H27N3O6/c1-25(2)14-7-5-6-11-12(14)8-10-9-13-17(26(3)4)19(28)16(22(24)31)21(30)23(13,32)20(29)15(10)18(11)27/h5-7,10,13,17,28-29,32H,8-9H2,1-4H3,(H2,24,31)/t10?,13?,17-,23-/m0/s1. The van der Waals surface area contributed by atoms with Crippen molar-refractivity contribution in [3.63, 3.8) is 0 Å². The molecule has 0 heterocycles. The van der Waals surface area contributed by atoms with E-state index in [-0.39, 0.29) is 12.0 Å². The number of anilines is 1. The topological polar surface area (TPSA) is 144 Å². The predicted octanol–water partition coefficient (Wildman–Crippen LogP) is 0.481. The van der Waals surface area contributed by atoms with Crippen molar-refractivity contribution in [2.75, 3.05) is 33.1 Å². The number of hydrogen-bond acceptors (Lipinski definition) is 8. The van der Waals surface area contributed by atoms with Gasteiger partial charge in [0.05, 0.1) is 6.04 Å². The molecule has 2 unspecified atom stereocenters. The number of nitrogens with two attached hydrogens (primary N) is 1. The number of carbonyl (C=O) groups excluding carboxylic acids is 3. The van der Waals surface area contributed by atoms with Crippen LogP contribution < -0.4 is 10.6 Å². The van der Waals surface area contributed by atoms with Gasteiger partial charge in [0.1, 0.15) is 17.1 Å². The molecular formula is C23H27N3O6. The number of aliphatic hydroxyl groups excluding tert-OH is 2. The summed E-state index contributed by atoms with van der Waals surface area (Å²) in [6.45, 7) is 0. The Morgan fingerprint density at radius 1 is 1.16 bits per heavy atom. The molecule has 9 heteroatoms. The highest BCUT2D eigenvalue weighted by Crippen LogP contribution is 2.52. The van der Waals surface area contributed by atoms with Gasteiger partial charge in [-0.15, -0.1) is 0 Å². The highest BCUT2D eigenvalue weighted by atomic mass is 16.3. The lowest BCUT2D eigenvalue weighted by Crippen LogP contribution is -2.63. The fraction of sp³-hybridized carbons (Fsp3) is 0.435. The Labute approximate surface area is 185 Å². The molecule has 0 fully saturated rings. The zero-order valence-electron chi connectivity index (χ0n) is 18.4. The van der Waals surface area contributed by atoms with E-state index in [4.69, 9.17) is 5.73 Å². The van der Waals surface area contributed by atoms with E-state index in [2.05, 4.69) is 0 Å². The number of fused-ring (bicyclic) bond motifs is 3. The number of ketones is 2. The van der Waals surface area contributed by atoms with E-state index in [9.17, 15) is 29.7 Å². The van der Waals surface area contributed by atoms with E-state index >= 15 is 0 Å². The van der Waals surface area contributed by atoms with Gasteiger partial charge in [-0.25, -0.2) is 0 Å². The van der Waals surface area contributed by atoms with Crippen LogP contribution in [0.25, 0.3) is 0 Å². The number of allylic oxidation sites excluding steroid dienone is 1. The first-order valence-corrected chi connectivity index (χ1v) is 10.4. The number of carbonyl (C=O) groups is 3. The molecule has 3 aliphatic rings. The predicted molar refractivity (Wildman–Crippen MR) is 116 cm³/mol. The van der Waals surface area contributed by atoms with Crippen LogP contribution in [-0.4, -0.2) is 77.5 Å². The number of aliphatic hydroxyl groups is 3. The third-order valence-electron chi connectivity index (χ3n) is 6.97. The molecule has 0 aromatic heterocycles. The van der Waals surface area contributed by atoms with Crippen molar-refractivity contribution in [2.45, 2.75) is 24.5 Å². The van der Waals surface area contributed by atoms with Crippen molar-refractivity contribution in [3.05, 3.63) is 52.0 Å². The lowest BCUT2D eigenvalue weighted by atomic mass is 9.58. The summed E-state index contributed by atoms with van der Waals surface area (Å²) in [6.07, 6.45) is 0.566. The molecule has 1 aromatic carbocycles. The SMILES string of the molecule is CN(C)c1cccc2c1CC1CC3[C@H](N(C)C)C(O)=C(C(N)=O)C(=O)[C@@]3(O)C(O)=C1C2=O. The molecule has 170 valence electrons. The van der Waals surface area contributed by atoms with Crippen LogP contribution in [0.1, 0.15) is 22.3 Å². The van der Waals surface area contributed by atoms with Crippen LogP contribution in [0, 0.1) is 11.8 Å². The minimum absolute atomic E-state index is 0.0248. The lowest BCUT2D eigenvalue weighted by molar-refractivity contribution is -0.148. The van der Waals surface area contributed by atoms with Crippen LogP contribution in [0.4, 0.5) is 5.69 Å². The van der Waals surface area contributed by atoms with E-state index in [1.54, 1.807) is 31.1 Å². The number of amides is 1. The lowest BCUT2D eigenvalue weighted by Gasteiger charge is -2.50. The second kappa shape index (κ2) is 7.18. The largest absolute Gasteiger partial charge is 0.510 e. The van der Waals surface area contributed by atoms with Crippen LogP contribution in [-0.2, 0) is 16.0 Å². The number of primary amides is 1. The molecule has 1 amide bonds. The summed E-state index contributed by atoms with van der Waals surface area (Å²) in [7, 11) is 6.99. The van der Waals surface area contributed by atoms with Gasteiger partial charge in [-0.1, -0.05) is 12.1 Å². The third-order valence-corrected chi connectivity index (χ3v) is 6.97. The molecule has 0 saturated carbocycles. The van der Waals surface area contributed by atoms with Crippen molar-refractivity contribution in [2.24, 2.45) is 17.6 Å². The Bertz CT molecular complexity index is 1120. The Morgan fingerprint density at radius 3 is 2.38 bits per heavy atom. The molecule has 4 atom stereocenters. The average Bonchev–Trinajstić information content (AvgIpc) is 2.70. The van der Waals surface area contributed by atoms with Gasteiger partial charge in [0, 0.05) is 36.8 Å². The summed E-state index contributed by atoms with van der Waals surface area (Å²) in [5, 5.41) is 33.5. The van der Waals surface area contributed by atoms with Crippen molar-refractivity contribution < 1.29 is 29.7 Å². The monoisotopic (exact) mass is 441 g/mol. The first kappa shape index (κ1) is 22.0. The van der Waals surface area contributed by atoms with Crippen LogP contribution in [0.2, 0.25) is 0 Å². The second-order valence-electron chi connectivity index (χ2n) is 9.16. The number of rotatable bonds is 3. The quantitative estimate of drug-likeness (QED) is 0.496. The molecule has 0 aliphatic heterocycles.